The lowest BCUT2D eigenvalue weighted by molar-refractivity contribution is 0.0690. The van der Waals surface area contributed by atoms with Crippen molar-refractivity contribution in [3.63, 3.8) is 0 Å². The average Bonchev–Trinajstić information content (AvgIpc) is 2.79. The molecular weight excluding hydrogens is 232 g/mol. The van der Waals surface area contributed by atoms with E-state index in [1.165, 1.54) is 11.1 Å². The van der Waals surface area contributed by atoms with E-state index < -0.39 is 5.97 Å². The predicted molar refractivity (Wildman–Crippen MR) is 66.7 cm³/mol. The molecule has 0 aliphatic rings. The van der Waals surface area contributed by atoms with Gasteiger partial charge in [-0.05, 0) is 37.1 Å². The fraction of sp³-hybridized carbons (Fsp3) is 0.231. The molecule has 0 bridgehead atoms. The van der Waals surface area contributed by atoms with Crippen LogP contribution in [-0.4, -0.2) is 16.1 Å². The number of hydrogen-bond donors (Lipinski definition) is 2. The number of anilines is 1. The first-order valence-electron chi connectivity index (χ1n) is 5.55. The molecule has 0 aliphatic heterocycles. The van der Waals surface area contributed by atoms with E-state index in [9.17, 15) is 4.79 Å². The van der Waals surface area contributed by atoms with E-state index in [0.717, 1.165) is 12.0 Å². The molecule has 0 saturated heterocycles. The Morgan fingerprint density at radius 1 is 1.39 bits per heavy atom. The molecule has 2 N–H and O–H groups in total. The van der Waals surface area contributed by atoms with Crippen molar-refractivity contribution in [3.05, 3.63) is 47.2 Å². The summed E-state index contributed by atoms with van der Waals surface area (Å²) >= 11 is 0. The van der Waals surface area contributed by atoms with Crippen LogP contribution in [0.15, 0.2) is 28.9 Å². The molecule has 0 radical (unpaired) electrons. The van der Waals surface area contributed by atoms with E-state index in [2.05, 4.69) is 10.3 Å². The molecule has 0 amide bonds. The molecule has 5 nitrogen and oxygen atoms in total. The standard InChI is InChI=1S/C13H14N2O3/c1-8-3-4-10(5-9(8)2)14-6-12-15-11(7-18-12)13(16)17/h3-5,7,14H,6H2,1-2H3,(H,16,17). The zero-order valence-corrected chi connectivity index (χ0v) is 10.2. The van der Waals surface area contributed by atoms with E-state index in [4.69, 9.17) is 9.52 Å². The number of aromatic nitrogens is 1. The highest BCUT2D eigenvalue weighted by Crippen LogP contribution is 2.15. The van der Waals surface area contributed by atoms with Crippen molar-refractivity contribution in [2.75, 3.05) is 5.32 Å². The number of oxazole rings is 1. The van der Waals surface area contributed by atoms with Crippen LogP contribution in [0.5, 0.6) is 0 Å². The minimum Gasteiger partial charge on any atom is -0.476 e. The molecule has 94 valence electrons. The molecule has 18 heavy (non-hydrogen) atoms. The van der Waals surface area contributed by atoms with E-state index >= 15 is 0 Å². The number of hydrogen-bond acceptors (Lipinski definition) is 4. The molecule has 1 heterocycles. The van der Waals surface area contributed by atoms with Crippen molar-refractivity contribution in [2.24, 2.45) is 0 Å². The van der Waals surface area contributed by atoms with Gasteiger partial charge in [-0.3, -0.25) is 0 Å². The average molecular weight is 246 g/mol. The highest BCUT2D eigenvalue weighted by atomic mass is 16.4. The lowest BCUT2D eigenvalue weighted by Gasteiger charge is -2.06. The van der Waals surface area contributed by atoms with Crippen LogP contribution in [0.25, 0.3) is 0 Å². The quantitative estimate of drug-likeness (QED) is 0.867. The number of aromatic carboxylic acids is 1. The van der Waals surface area contributed by atoms with Gasteiger partial charge in [0.15, 0.2) is 5.69 Å². The van der Waals surface area contributed by atoms with Gasteiger partial charge in [0.25, 0.3) is 0 Å². The largest absolute Gasteiger partial charge is 0.476 e. The molecule has 0 spiro atoms. The maximum absolute atomic E-state index is 10.6. The Labute approximate surface area is 104 Å². The SMILES string of the molecule is Cc1ccc(NCc2nc(C(=O)O)co2)cc1C. The fourth-order valence-electron chi connectivity index (χ4n) is 1.52. The molecule has 0 saturated carbocycles. The molecule has 1 aromatic heterocycles. The second kappa shape index (κ2) is 4.91. The van der Waals surface area contributed by atoms with Gasteiger partial charge in [-0.25, -0.2) is 9.78 Å². The van der Waals surface area contributed by atoms with Crippen LogP contribution in [-0.2, 0) is 6.54 Å². The first-order valence-corrected chi connectivity index (χ1v) is 5.55. The maximum atomic E-state index is 10.6. The molecule has 0 atom stereocenters. The summed E-state index contributed by atoms with van der Waals surface area (Å²) < 4.78 is 5.05. The molecule has 2 aromatic rings. The molecule has 5 heteroatoms. The van der Waals surface area contributed by atoms with E-state index in [1.54, 1.807) is 0 Å². The van der Waals surface area contributed by atoms with Crippen molar-refractivity contribution in [2.45, 2.75) is 20.4 Å². The summed E-state index contributed by atoms with van der Waals surface area (Å²) in [4.78, 5) is 14.5. The topological polar surface area (TPSA) is 75.4 Å². The number of nitrogens with zero attached hydrogens (tertiary/aromatic N) is 1. The van der Waals surface area contributed by atoms with E-state index in [0.29, 0.717) is 12.4 Å². The molecule has 2 rings (SSSR count). The molecule has 0 fully saturated rings. The number of carboxylic acids is 1. The molecule has 0 unspecified atom stereocenters. The van der Waals surface area contributed by atoms with Gasteiger partial charge < -0.3 is 14.8 Å². The van der Waals surface area contributed by atoms with Crippen LogP contribution >= 0.6 is 0 Å². The lowest BCUT2D eigenvalue weighted by Crippen LogP contribution is -2.02. The number of aryl methyl sites for hydroxylation is 2. The van der Waals surface area contributed by atoms with Gasteiger partial charge in [-0.1, -0.05) is 6.07 Å². The van der Waals surface area contributed by atoms with Crippen LogP contribution in [0.1, 0.15) is 27.5 Å². The van der Waals surface area contributed by atoms with Crippen LogP contribution in [0.2, 0.25) is 0 Å². The van der Waals surface area contributed by atoms with Gasteiger partial charge in [-0.15, -0.1) is 0 Å². The molecular formula is C13H14N2O3. The normalized spacial score (nSPS) is 10.3. The monoisotopic (exact) mass is 246 g/mol. The second-order valence-electron chi connectivity index (χ2n) is 4.08. The number of carbonyl (C=O) groups is 1. The maximum Gasteiger partial charge on any atom is 0.357 e. The summed E-state index contributed by atoms with van der Waals surface area (Å²) in [5, 5.41) is 11.8. The van der Waals surface area contributed by atoms with Crippen molar-refractivity contribution in [3.8, 4) is 0 Å². The Balaban J connectivity index is 2.02. The van der Waals surface area contributed by atoms with Crippen LogP contribution in [0, 0.1) is 13.8 Å². The smallest absolute Gasteiger partial charge is 0.357 e. The van der Waals surface area contributed by atoms with Crippen molar-refractivity contribution < 1.29 is 14.3 Å². The van der Waals surface area contributed by atoms with E-state index in [1.807, 2.05) is 32.0 Å². The third kappa shape index (κ3) is 2.68. The Bertz CT molecular complexity index is 575. The Morgan fingerprint density at radius 3 is 2.78 bits per heavy atom. The number of nitrogens with one attached hydrogen (secondary N) is 1. The summed E-state index contributed by atoms with van der Waals surface area (Å²) in [6.45, 7) is 4.44. The Hall–Kier alpha value is -2.30. The van der Waals surface area contributed by atoms with Crippen LogP contribution < -0.4 is 5.32 Å². The van der Waals surface area contributed by atoms with Gasteiger partial charge in [-0.2, -0.15) is 0 Å². The summed E-state index contributed by atoms with van der Waals surface area (Å²) in [5.74, 6) is -0.734. The third-order valence-electron chi connectivity index (χ3n) is 2.72. The predicted octanol–water partition coefficient (Wildman–Crippen LogP) is 2.60. The zero-order valence-electron chi connectivity index (χ0n) is 10.2. The van der Waals surface area contributed by atoms with E-state index in [-0.39, 0.29) is 5.69 Å². The van der Waals surface area contributed by atoms with Gasteiger partial charge >= 0.3 is 5.97 Å². The van der Waals surface area contributed by atoms with Gasteiger partial charge in [0.1, 0.15) is 6.26 Å². The second-order valence-corrected chi connectivity index (χ2v) is 4.08. The summed E-state index contributed by atoms with van der Waals surface area (Å²) in [6.07, 6.45) is 1.14. The first kappa shape index (κ1) is 12.2. The Kier molecular flexibility index (Phi) is 3.32. The number of rotatable bonds is 4. The number of carboxylic acid groups (broad SMARTS) is 1. The highest BCUT2D eigenvalue weighted by molar-refractivity contribution is 5.84. The van der Waals surface area contributed by atoms with Crippen molar-refractivity contribution in [1.29, 1.82) is 0 Å². The first-order chi connectivity index (χ1) is 8.56. The van der Waals surface area contributed by atoms with Gasteiger partial charge in [0.2, 0.25) is 5.89 Å². The van der Waals surface area contributed by atoms with Crippen molar-refractivity contribution >= 4 is 11.7 Å². The van der Waals surface area contributed by atoms with Crippen molar-refractivity contribution in [1.82, 2.24) is 4.98 Å². The molecule has 1 aromatic carbocycles. The summed E-state index contributed by atoms with van der Waals surface area (Å²) in [7, 11) is 0. The van der Waals surface area contributed by atoms with Crippen LogP contribution in [0.3, 0.4) is 0 Å². The summed E-state index contributed by atoms with van der Waals surface area (Å²) in [6, 6.07) is 6.01. The fourth-order valence-corrected chi connectivity index (χ4v) is 1.52. The third-order valence-corrected chi connectivity index (χ3v) is 2.72. The highest BCUT2D eigenvalue weighted by Gasteiger charge is 2.09. The lowest BCUT2D eigenvalue weighted by atomic mass is 10.1. The van der Waals surface area contributed by atoms with Gasteiger partial charge in [0, 0.05) is 5.69 Å². The van der Waals surface area contributed by atoms with Crippen LogP contribution in [0.4, 0.5) is 5.69 Å². The minimum atomic E-state index is -1.09. The molecule has 0 aliphatic carbocycles. The summed E-state index contributed by atoms with van der Waals surface area (Å²) in [5.41, 5.74) is 3.29. The number of benzene rings is 1. The minimum absolute atomic E-state index is 0.0770. The van der Waals surface area contributed by atoms with Gasteiger partial charge in [0.05, 0.1) is 6.54 Å². The Morgan fingerprint density at radius 2 is 2.17 bits per heavy atom. The zero-order chi connectivity index (χ0) is 13.1.